The van der Waals surface area contributed by atoms with Crippen molar-refractivity contribution in [2.75, 3.05) is 6.54 Å². The Bertz CT molecular complexity index is 267. The van der Waals surface area contributed by atoms with Gasteiger partial charge in [-0.1, -0.05) is 6.92 Å². The molecule has 1 aliphatic heterocycles. The van der Waals surface area contributed by atoms with Crippen molar-refractivity contribution in [1.82, 2.24) is 15.1 Å². The second-order valence-corrected chi connectivity index (χ2v) is 3.69. The smallest absolute Gasteiger partial charge is 0.0492 e. The zero-order chi connectivity index (χ0) is 9.10. The van der Waals surface area contributed by atoms with Crippen molar-refractivity contribution < 1.29 is 0 Å². The number of aryl methyl sites for hydroxylation is 1. The Balaban J connectivity index is 1.93. The normalized spacial score (nSPS) is 21.5. The van der Waals surface area contributed by atoms with E-state index in [-0.39, 0.29) is 0 Å². The molecule has 3 nitrogen and oxygen atoms in total. The number of nitrogens with one attached hydrogen (secondary N) is 1. The Morgan fingerprint density at radius 3 is 3.46 bits per heavy atom. The molecule has 1 aliphatic rings. The topological polar surface area (TPSA) is 29.9 Å². The van der Waals surface area contributed by atoms with E-state index in [4.69, 9.17) is 0 Å². The summed E-state index contributed by atoms with van der Waals surface area (Å²) >= 11 is 0. The van der Waals surface area contributed by atoms with Crippen LogP contribution in [0.25, 0.3) is 0 Å². The molecular weight excluding hydrogens is 162 g/mol. The quantitative estimate of drug-likeness (QED) is 0.755. The summed E-state index contributed by atoms with van der Waals surface area (Å²) in [5.74, 6) is 0. The van der Waals surface area contributed by atoms with Crippen LogP contribution >= 0.6 is 0 Å². The summed E-state index contributed by atoms with van der Waals surface area (Å²) in [5, 5.41) is 7.82. The molecule has 2 rings (SSSR count). The van der Waals surface area contributed by atoms with Gasteiger partial charge in [0.2, 0.25) is 0 Å². The number of rotatable bonds is 3. The fraction of sp³-hybridized carbons (Fsp3) is 0.700. The standard InChI is InChI=1S/C10H17N3/c1-2-5-11-9-4-7-13-10(8-9)3-6-12-13/h3,6,9,11H,2,4-5,7-8H2,1H3/t9-/m0/s1. The molecule has 1 N–H and O–H groups in total. The van der Waals surface area contributed by atoms with Crippen LogP contribution in [0, 0.1) is 0 Å². The Kier molecular flexibility index (Phi) is 2.64. The Morgan fingerprint density at radius 1 is 1.69 bits per heavy atom. The van der Waals surface area contributed by atoms with E-state index >= 15 is 0 Å². The average Bonchev–Trinajstić information content (AvgIpc) is 2.61. The van der Waals surface area contributed by atoms with Crippen molar-refractivity contribution in [3.63, 3.8) is 0 Å². The van der Waals surface area contributed by atoms with E-state index in [9.17, 15) is 0 Å². The molecule has 1 aromatic rings. The third-order valence-electron chi connectivity index (χ3n) is 2.63. The average molecular weight is 179 g/mol. The molecular formula is C10H17N3. The van der Waals surface area contributed by atoms with Crippen LogP contribution in [0.5, 0.6) is 0 Å². The summed E-state index contributed by atoms with van der Waals surface area (Å²) in [6.45, 7) is 4.42. The van der Waals surface area contributed by atoms with Gasteiger partial charge < -0.3 is 5.32 Å². The van der Waals surface area contributed by atoms with Gasteiger partial charge in [0, 0.05) is 30.9 Å². The highest BCUT2D eigenvalue weighted by atomic mass is 15.3. The largest absolute Gasteiger partial charge is 0.314 e. The summed E-state index contributed by atoms with van der Waals surface area (Å²) in [6.07, 6.45) is 5.47. The highest BCUT2D eigenvalue weighted by Crippen LogP contribution is 2.13. The zero-order valence-corrected chi connectivity index (χ0v) is 8.16. The third-order valence-corrected chi connectivity index (χ3v) is 2.63. The fourth-order valence-electron chi connectivity index (χ4n) is 1.89. The van der Waals surface area contributed by atoms with E-state index in [2.05, 4.69) is 28.1 Å². The Morgan fingerprint density at radius 2 is 2.62 bits per heavy atom. The first-order valence-electron chi connectivity index (χ1n) is 5.14. The number of hydrogen-bond acceptors (Lipinski definition) is 2. The maximum atomic E-state index is 4.26. The highest BCUT2D eigenvalue weighted by molar-refractivity contribution is 5.05. The molecule has 0 aliphatic carbocycles. The second kappa shape index (κ2) is 3.92. The van der Waals surface area contributed by atoms with Crippen LogP contribution in [0.1, 0.15) is 25.5 Å². The van der Waals surface area contributed by atoms with Gasteiger partial charge in [-0.05, 0) is 25.5 Å². The van der Waals surface area contributed by atoms with Crippen LogP contribution in [0.15, 0.2) is 12.3 Å². The second-order valence-electron chi connectivity index (χ2n) is 3.69. The maximum absolute atomic E-state index is 4.26. The van der Waals surface area contributed by atoms with E-state index < -0.39 is 0 Å². The number of fused-ring (bicyclic) bond motifs is 1. The molecule has 0 spiro atoms. The van der Waals surface area contributed by atoms with Crippen molar-refractivity contribution in [3.8, 4) is 0 Å². The van der Waals surface area contributed by atoms with Gasteiger partial charge in [0.1, 0.15) is 0 Å². The summed E-state index contributed by atoms with van der Waals surface area (Å²) in [6, 6.07) is 2.80. The van der Waals surface area contributed by atoms with Crippen LogP contribution in [0.4, 0.5) is 0 Å². The van der Waals surface area contributed by atoms with Crippen molar-refractivity contribution in [2.45, 2.75) is 38.8 Å². The molecule has 1 atom stereocenters. The Labute approximate surface area is 79.1 Å². The highest BCUT2D eigenvalue weighted by Gasteiger charge is 2.17. The third kappa shape index (κ3) is 1.91. The first kappa shape index (κ1) is 8.75. The monoisotopic (exact) mass is 179 g/mol. The summed E-state index contributed by atoms with van der Waals surface area (Å²) in [7, 11) is 0. The minimum absolute atomic E-state index is 0.671. The van der Waals surface area contributed by atoms with Crippen molar-refractivity contribution in [2.24, 2.45) is 0 Å². The lowest BCUT2D eigenvalue weighted by atomic mass is 10.0. The molecule has 0 amide bonds. The van der Waals surface area contributed by atoms with Gasteiger partial charge in [-0.3, -0.25) is 4.68 Å². The predicted molar refractivity (Wildman–Crippen MR) is 52.6 cm³/mol. The van der Waals surface area contributed by atoms with Gasteiger partial charge in [-0.15, -0.1) is 0 Å². The zero-order valence-electron chi connectivity index (χ0n) is 8.16. The SMILES string of the molecule is CCCN[C@H]1CCn2nccc2C1. The lowest BCUT2D eigenvalue weighted by Gasteiger charge is -2.24. The molecule has 0 aromatic carbocycles. The maximum Gasteiger partial charge on any atom is 0.0492 e. The first-order chi connectivity index (χ1) is 6.40. The predicted octanol–water partition coefficient (Wildman–Crippen LogP) is 1.20. The van der Waals surface area contributed by atoms with Gasteiger partial charge in [0.15, 0.2) is 0 Å². The van der Waals surface area contributed by atoms with Crippen LogP contribution in [-0.4, -0.2) is 22.4 Å². The summed E-state index contributed by atoms with van der Waals surface area (Å²) < 4.78 is 2.12. The lowest BCUT2D eigenvalue weighted by molar-refractivity contribution is 0.381. The van der Waals surface area contributed by atoms with E-state index in [0.29, 0.717) is 6.04 Å². The molecule has 0 unspecified atom stereocenters. The van der Waals surface area contributed by atoms with Crippen molar-refractivity contribution in [1.29, 1.82) is 0 Å². The van der Waals surface area contributed by atoms with Gasteiger partial charge in [0.05, 0.1) is 0 Å². The van der Waals surface area contributed by atoms with E-state index in [1.54, 1.807) is 0 Å². The van der Waals surface area contributed by atoms with Gasteiger partial charge in [-0.25, -0.2) is 0 Å². The van der Waals surface area contributed by atoms with Crippen molar-refractivity contribution in [3.05, 3.63) is 18.0 Å². The molecule has 1 aromatic heterocycles. The van der Waals surface area contributed by atoms with E-state index in [1.807, 2.05) is 6.20 Å². The molecule has 0 radical (unpaired) electrons. The molecule has 72 valence electrons. The first-order valence-corrected chi connectivity index (χ1v) is 5.14. The van der Waals surface area contributed by atoms with Crippen molar-refractivity contribution >= 4 is 0 Å². The summed E-state index contributed by atoms with van der Waals surface area (Å²) in [4.78, 5) is 0. The number of hydrogen-bond donors (Lipinski definition) is 1. The number of nitrogens with zero attached hydrogens (tertiary/aromatic N) is 2. The van der Waals surface area contributed by atoms with Crippen LogP contribution in [0.3, 0.4) is 0 Å². The number of aromatic nitrogens is 2. The van der Waals surface area contributed by atoms with Crippen LogP contribution in [-0.2, 0) is 13.0 Å². The van der Waals surface area contributed by atoms with Gasteiger partial charge in [-0.2, -0.15) is 5.10 Å². The molecule has 2 heterocycles. The fourth-order valence-corrected chi connectivity index (χ4v) is 1.89. The molecule has 0 bridgehead atoms. The van der Waals surface area contributed by atoms with E-state index in [1.165, 1.54) is 18.5 Å². The minimum atomic E-state index is 0.671. The molecule has 0 saturated carbocycles. The molecule has 0 saturated heterocycles. The molecule has 0 fully saturated rings. The van der Waals surface area contributed by atoms with E-state index in [0.717, 1.165) is 19.5 Å². The lowest BCUT2D eigenvalue weighted by Crippen LogP contribution is -2.36. The van der Waals surface area contributed by atoms with Crippen LogP contribution < -0.4 is 5.32 Å². The van der Waals surface area contributed by atoms with Gasteiger partial charge >= 0.3 is 0 Å². The molecule has 3 heteroatoms. The van der Waals surface area contributed by atoms with Crippen LogP contribution in [0.2, 0.25) is 0 Å². The minimum Gasteiger partial charge on any atom is -0.314 e. The molecule has 13 heavy (non-hydrogen) atoms. The van der Waals surface area contributed by atoms with Gasteiger partial charge in [0.25, 0.3) is 0 Å². The Hall–Kier alpha value is -0.830. The summed E-state index contributed by atoms with van der Waals surface area (Å²) in [5.41, 5.74) is 1.37.